The van der Waals surface area contributed by atoms with Crippen LogP contribution in [0.4, 0.5) is 11.4 Å². The number of nitrogens with zero attached hydrogens (tertiary/aromatic N) is 3. The van der Waals surface area contributed by atoms with E-state index in [0.717, 1.165) is 66.3 Å². The Morgan fingerprint density at radius 1 is 1.03 bits per heavy atom. The molecule has 178 valence electrons. The lowest BCUT2D eigenvalue weighted by molar-refractivity contribution is 0.102. The molecule has 3 aromatic rings. The first kappa shape index (κ1) is 23.3. The number of hydrogen-bond acceptors (Lipinski definition) is 7. The fourth-order valence-corrected chi connectivity index (χ4v) is 4.79. The van der Waals surface area contributed by atoms with E-state index in [1.807, 2.05) is 66.9 Å². The molecule has 0 bridgehead atoms. The average Bonchev–Trinajstić information content (AvgIpc) is 2.91. The number of benzene rings is 2. The minimum Gasteiger partial charge on any atom is -0.335 e. The van der Waals surface area contributed by atoms with Gasteiger partial charge in [0.05, 0.1) is 5.70 Å². The molecule has 7 nitrogen and oxygen atoms in total. The van der Waals surface area contributed by atoms with Crippen LogP contribution in [0.25, 0.3) is 5.70 Å². The molecule has 1 aromatic heterocycles. The summed E-state index contributed by atoms with van der Waals surface area (Å²) in [5.41, 5.74) is 5.37. The van der Waals surface area contributed by atoms with Gasteiger partial charge in [-0.05, 0) is 54.1 Å². The van der Waals surface area contributed by atoms with Gasteiger partial charge in [-0.25, -0.2) is 4.99 Å². The van der Waals surface area contributed by atoms with E-state index in [1.54, 1.807) is 18.0 Å². The summed E-state index contributed by atoms with van der Waals surface area (Å²) < 4.78 is 0. The first-order chi connectivity index (χ1) is 17.2. The number of amidine groups is 1. The zero-order chi connectivity index (χ0) is 23.9. The van der Waals surface area contributed by atoms with E-state index < -0.39 is 0 Å². The molecule has 0 spiro atoms. The van der Waals surface area contributed by atoms with E-state index in [1.165, 1.54) is 5.56 Å². The number of rotatable bonds is 6. The summed E-state index contributed by atoms with van der Waals surface area (Å²) in [4.78, 5) is 24.2. The van der Waals surface area contributed by atoms with Crippen molar-refractivity contribution in [1.29, 1.82) is 0 Å². The third-order valence-electron chi connectivity index (χ3n) is 5.88. The number of carbonyl (C=O) groups is 1. The molecular formula is C27H28N6OS. The van der Waals surface area contributed by atoms with Crippen LogP contribution in [0.1, 0.15) is 21.5 Å². The average molecular weight is 485 g/mol. The van der Waals surface area contributed by atoms with E-state index in [0.29, 0.717) is 5.56 Å². The predicted octanol–water partition coefficient (Wildman–Crippen LogP) is 4.29. The molecule has 0 atom stereocenters. The normalized spacial score (nSPS) is 16.2. The maximum Gasteiger partial charge on any atom is 0.255 e. The second kappa shape index (κ2) is 11.3. The number of nitrogens with one attached hydrogen (secondary N) is 3. The van der Waals surface area contributed by atoms with Gasteiger partial charge in [-0.15, -0.1) is 0 Å². The van der Waals surface area contributed by atoms with Gasteiger partial charge in [0.15, 0.2) is 5.17 Å². The number of aliphatic imine (C=N–C) groups is 1. The van der Waals surface area contributed by atoms with Crippen molar-refractivity contribution in [2.24, 2.45) is 4.99 Å². The molecule has 8 heteroatoms. The van der Waals surface area contributed by atoms with Gasteiger partial charge in [0, 0.05) is 73.4 Å². The smallest absolute Gasteiger partial charge is 0.255 e. The highest BCUT2D eigenvalue weighted by Gasteiger charge is 2.13. The van der Waals surface area contributed by atoms with E-state index in [9.17, 15) is 4.79 Å². The van der Waals surface area contributed by atoms with Gasteiger partial charge in [-0.1, -0.05) is 30.0 Å². The topological polar surface area (TPSA) is 81.6 Å². The number of anilines is 2. The summed E-state index contributed by atoms with van der Waals surface area (Å²) >= 11 is 1.63. The van der Waals surface area contributed by atoms with Crippen LogP contribution in [0.5, 0.6) is 0 Å². The second-order valence-electron chi connectivity index (χ2n) is 8.44. The van der Waals surface area contributed by atoms with Gasteiger partial charge < -0.3 is 16.0 Å². The summed E-state index contributed by atoms with van der Waals surface area (Å²) in [6, 6.07) is 19.5. The molecule has 2 aromatic carbocycles. The van der Waals surface area contributed by atoms with Crippen molar-refractivity contribution in [3.63, 3.8) is 0 Å². The van der Waals surface area contributed by atoms with Gasteiger partial charge in [-0.3, -0.25) is 14.7 Å². The molecule has 2 aliphatic rings. The van der Waals surface area contributed by atoms with E-state index in [2.05, 4.69) is 31.9 Å². The van der Waals surface area contributed by atoms with Gasteiger partial charge in [0.25, 0.3) is 5.91 Å². The van der Waals surface area contributed by atoms with Gasteiger partial charge in [-0.2, -0.15) is 0 Å². The zero-order valence-corrected chi connectivity index (χ0v) is 20.2. The number of aromatic nitrogens is 1. The Balaban J connectivity index is 1.20. The lowest BCUT2D eigenvalue weighted by atomic mass is 10.1. The van der Waals surface area contributed by atoms with Crippen molar-refractivity contribution in [3.05, 3.63) is 95.8 Å². The number of amides is 1. The Morgan fingerprint density at radius 2 is 1.86 bits per heavy atom. The molecule has 3 heterocycles. The third kappa shape index (κ3) is 6.36. The van der Waals surface area contributed by atoms with Gasteiger partial charge in [0.1, 0.15) is 0 Å². The van der Waals surface area contributed by atoms with E-state index in [-0.39, 0.29) is 5.91 Å². The fraction of sp³-hybridized carbons (Fsp3) is 0.222. The highest BCUT2D eigenvalue weighted by molar-refractivity contribution is 8.14. The monoisotopic (exact) mass is 484 g/mol. The Bertz CT molecular complexity index is 1220. The molecule has 1 fully saturated rings. The molecule has 1 saturated heterocycles. The van der Waals surface area contributed by atoms with Crippen LogP contribution in [-0.2, 0) is 6.54 Å². The summed E-state index contributed by atoms with van der Waals surface area (Å²) in [7, 11) is 0. The first-order valence-corrected chi connectivity index (χ1v) is 12.7. The molecule has 0 radical (unpaired) electrons. The Labute approximate surface area is 209 Å². The molecule has 0 aliphatic carbocycles. The summed E-state index contributed by atoms with van der Waals surface area (Å²) in [6.45, 7) is 5.08. The largest absolute Gasteiger partial charge is 0.335 e. The molecular weight excluding hydrogens is 456 g/mol. The van der Waals surface area contributed by atoms with Crippen LogP contribution in [-0.4, -0.2) is 52.9 Å². The summed E-state index contributed by atoms with van der Waals surface area (Å²) in [6.07, 6.45) is 5.67. The number of piperazine rings is 1. The van der Waals surface area contributed by atoms with Crippen molar-refractivity contribution < 1.29 is 4.79 Å². The third-order valence-corrected chi connectivity index (χ3v) is 6.68. The van der Waals surface area contributed by atoms with Crippen LogP contribution >= 0.6 is 11.8 Å². The number of carbonyl (C=O) groups excluding carboxylic acids is 1. The first-order valence-electron chi connectivity index (χ1n) is 11.8. The molecule has 0 saturated carbocycles. The highest BCUT2D eigenvalue weighted by Crippen LogP contribution is 2.25. The van der Waals surface area contributed by atoms with Crippen molar-refractivity contribution in [3.8, 4) is 0 Å². The Morgan fingerprint density at radius 3 is 2.66 bits per heavy atom. The predicted molar refractivity (Wildman–Crippen MR) is 145 cm³/mol. The SMILES string of the molecule is O=C(Nc1cccc(NC2=NC(c3cccnc3)=CCS2)c1)c1ccc(CN2CCNCC2)cc1. The second-order valence-corrected chi connectivity index (χ2v) is 9.45. The summed E-state index contributed by atoms with van der Waals surface area (Å²) in [5.74, 6) is 0.707. The van der Waals surface area contributed by atoms with Crippen LogP contribution in [0.15, 0.2) is 84.1 Å². The molecule has 2 aliphatic heterocycles. The molecule has 3 N–H and O–H groups in total. The Kier molecular flexibility index (Phi) is 7.53. The van der Waals surface area contributed by atoms with Crippen molar-refractivity contribution in [2.75, 3.05) is 42.6 Å². The molecule has 0 unspecified atom stereocenters. The molecule has 1 amide bonds. The minimum atomic E-state index is -0.123. The zero-order valence-electron chi connectivity index (χ0n) is 19.4. The van der Waals surface area contributed by atoms with Crippen molar-refractivity contribution in [2.45, 2.75) is 6.54 Å². The van der Waals surface area contributed by atoms with Crippen molar-refractivity contribution in [1.82, 2.24) is 15.2 Å². The maximum absolute atomic E-state index is 12.8. The van der Waals surface area contributed by atoms with Crippen molar-refractivity contribution >= 4 is 39.9 Å². The minimum absolute atomic E-state index is 0.123. The lowest BCUT2D eigenvalue weighted by Crippen LogP contribution is -2.42. The van der Waals surface area contributed by atoms with Crippen LogP contribution in [0, 0.1) is 0 Å². The maximum atomic E-state index is 12.8. The highest BCUT2D eigenvalue weighted by atomic mass is 32.2. The van der Waals surface area contributed by atoms with E-state index >= 15 is 0 Å². The summed E-state index contributed by atoms with van der Waals surface area (Å²) in [5, 5.41) is 10.6. The molecule has 35 heavy (non-hydrogen) atoms. The van der Waals surface area contributed by atoms with Gasteiger partial charge >= 0.3 is 0 Å². The van der Waals surface area contributed by atoms with Crippen LogP contribution in [0.3, 0.4) is 0 Å². The fourth-order valence-electron chi connectivity index (χ4n) is 4.04. The lowest BCUT2D eigenvalue weighted by Gasteiger charge is -2.27. The van der Waals surface area contributed by atoms with E-state index in [4.69, 9.17) is 4.99 Å². The number of thioether (sulfide) groups is 1. The Hall–Kier alpha value is -3.46. The quantitative estimate of drug-likeness (QED) is 0.484. The number of hydrogen-bond donors (Lipinski definition) is 3. The van der Waals surface area contributed by atoms with Crippen LogP contribution < -0.4 is 16.0 Å². The molecule has 5 rings (SSSR count). The number of pyridine rings is 1. The standard InChI is InChI=1S/C27H28N6OS/c34-26(21-8-6-20(7-9-21)19-33-14-12-28-13-15-33)30-23-4-1-5-24(17-23)31-27-32-25(10-16-35-27)22-3-2-11-29-18-22/h1-11,17-18,28H,12-16,19H2,(H,30,34)(H,31,32). The van der Waals surface area contributed by atoms with Gasteiger partial charge in [0.2, 0.25) is 0 Å². The van der Waals surface area contributed by atoms with Crippen LogP contribution in [0.2, 0.25) is 0 Å².